The lowest BCUT2D eigenvalue weighted by Gasteiger charge is -2.36. The third kappa shape index (κ3) is 2.46. The van der Waals surface area contributed by atoms with Crippen LogP contribution >= 0.6 is 0 Å². The lowest BCUT2D eigenvalue weighted by atomic mass is 10.3. The van der Waals surface area contributed by atoms with Crippen molar-refractivity contribution in [2.24, 2.45) is 0 Å². The quantitative estimate of drug-likeness (QED) is 0.684. The van der Waals surface area contributed by atoms with Gasteiger partial charge in [0.15, 0.2) is 0 Å². The van der Waals surface area contributed by atoms with E-state index in [1.807, 2.05) is 73.7 Å². The molecule has 1 aliphatic heterocycles. The van der Waals surface area contributed by atoms with Gasteiger partial charge >= 0.3 is 14.4 Å². The minimum atomic E-state index is -2.90. The molecule has 1 unspecified atom stereocenters. The van der Waals surface area contributed by atoms with Crippen molar-refractivity contribution in [1.29, 1.82) is 0 Å². The number of hydrogen-bond donors (Lipinski definition) is 0. The van der Waals surface area contributed by atoms with Gasteiger partial charge in [-0.25, -0.2) is 0 Å². The molecule has 124 valence electrons. The Hall–Kier alpha value is -2.85. The summed E-state index contributed by atoms with van der Waals surface area (Å²) < 4.78 is 8.43. The normalized spacial score (nSPS) is 18.8. The van der Waals surface area contributed by atoms with Crippen LogP contribution in [0.4, 0.5) is 5.69 Å². The van der Waals surface area contributed by atoms with Crippen molar-refractivity contribution < 1.29 is 9.22 Å². The molecule has 1 atom stereocenters. The van der Waals surface area contributed by atoms with Crippen LogP contribution < -0.4 is 14.9 Å². The summed E-state index contributed by atoms with van der Waals surface area (Å²) in [7, 11) is -2.90. The number of anilines is 1. The molecule has 0 aliphatic carbocycles. The average molecular weight is 345 g/mol. The van der Waals surface area contributed by atoms with Gasteiger partial charge in [0.1, 0.15) is 6.04 Å². The molecule has 0 spiro atoms. The van der Waals surface area contributed by atoms with Gasteiger partial charge in [0.2, 0.25) is 0 Å². The first-order valence-electron chi connectivity index (χ1n) is 8.42. The summed E-state index contributed by atoms with van der Waals surface area (Å²) in [5.41, 5.74) is 1.01. The van der Waals surface area contributed by atoms with Crippen molar-refractivity contribution in [3.8, 4) is 0 Å². The maximum atomic E-state index is 12.7. The van der Waals surface area contributed by atoms with Gasteiger partial charge in [-0.05, 0) is 19.1 Å². The molecular formula is C21H19NO2Si. The highest BCUT2D eigenvalue weighted by molar-refractivity contribution is 7.02. The topological polar surface area (TPSA) is 29.5 Å². The summed E-state index contributed by atoms with van der Waals surface area (Å²) in [6, 6.07) is 30.0. The molecule has 3 aromatic rings. The highest BCUT2D eigenvalue weighted by Gasteiger charge is 2.58. The van der Waals surface area contributed by atoms with Crippen molar-refractivity contribution in [3.63, 3.8) is 0 Å². The number of hydrogen-bond acceptors (Lipinski definition) is 3. The Labute approximate surface area is 148 Å². The highest BCUT2D eigenvalue weighted by atomic mass is 28.4. The van der Waals surface area contributed by atoms with Gasteiger partial charge in [0.25, 0.3) is 0 Å². The predicted octanol–water partition coefficient (Wildman–Crippen LogP) is 2.69. The molecule has 4 heteroatoms. The molecule has 0 amide bonds. The molecule has 1 fully saturated rings. The van der Waals surface area contributed by atoms with E-state index in [0.717, 1.165) is 16.1 Å². The molecule has 0 saturated carbocycles. The zero-order valence-corrected chi connectivity index (χ0v) is 15.0. The van der Waals surface area contributed by atoms with Crippen molar-refractivity contribution in [2.75, 3.05) is 4.57 Å². The standard InChI is InChI=1S/C21H19NO2Si/c1-17-21(23)24-25(19-13-7-3-8-14-19,20-15-9-4-10-16-20)22(17)18-11-5-2-6-12-18/h2-17H,1H3. The van der Waals surface area contributed by atoms with E-state index in [1.54, 1.807) is 0 Å². The second-order valence-electron chi connectivity index (χ2n) is 6.18. The Morgan fingerprint density at radius 1 is 0.760 bits per heavy atom. The number of carbonyl (C=O) groups excluding carboxylic acids is 1. The predicted molar refractivity (Wildman–Crippen MR) is 102 cm³/mol. The van der Waals surface area contributed by atoms with Gasteiger partial charge in [-0.15, -0.1) is 0 Å². The van der Waals surface area contributed by atoms with Gasteiger partial charge in [0, 0.05) is 16.1 Å². The fourth-order valence-corrected chi connectivity index (χ4v) is 7.68. The summed E-state index contributed by atoms with van der Waals surface area (Å²) in [4.78, 5) is 12.7. The smallest absolute Gasteiger partial charge is 0.431 e. The molecule has 1 aliphatic rings. The molecule has 0 N–H and O–H groups in total. The molecule has 0 bridgehead atoms. The van der Waals surface area contributed by atoms with Gasteiger partial charge in [-0.2, -0.15) is 0 Å². The van der Waals surface area contributed by atoms with Crippen LogP contribution in [-0.2, 0) is 9.22 Å². The Balaban J connectivity index is 2.01. The van der Waals surface area contributed by atoms with E-state index in [0.29, 0.717) is 0 Å². The molecule has 25 heavy (non-hydrogen) atoms. The van der Waals surface area contributed by atoms with E-state index in [-0.39, 0.29) is 12.0 Å². The van der Waals surface area contributed by atoms with Crippen molar-refractivity contribution in [2.45, 2.75) is 13.0 Å². The maximum Gasteiger partial charge on any atom is 0.431 e. The van der Waals surface area contributed by atoms with E-state index in [2.05, 4.69) is 28.8 Å². The monoisotopic (exact) mass is 345 g/mol. The summed E-state index contributed by atoms with van der Waals surface area (Å²) in [5.74, 6) is -0.164. The van der Waals surface area contributed by atoms with Gasteiger partial charge < -0.3 is 8.99 Å². The molecule has 1 heterocycles. The lowest BCUT2D eigenvalue weighted by Crippen LogP contribution is -2.70. The van der Waals surface area contributed by atoms with Crippen LogP contribution in [0, 0.1) is 0 Å². The maximum absolute atomic E-state index is 12.7. The van der Waals surface area contributed by atoms with E-state index in [4.69, 9.17) is 4.43 Å². The van der Waals surface area contributed by atoms with Gasteiger partial charge in [-0.3, -0.25) is 4.79 Å². The van der Waals surface area contributed by atoms with Crippen LogP contribution in [0.15, 0.2) is 91.0 Å². The van der Waals surface area contributed by atoms with Gasteiger partial charge in [-0.1, -0.05) is 78.9 Å². The second kappa shape index (κ2) is 6.22. The number of nitrogens with zero attached hydrogens (tertiary/aromatic N) is 1. The molecular weight excluding hydrogens is 326 g/mol. The summed E-state index contributed by atoms with van der Waals surface area (Å²) in [6.07, 6.45) is 0. The third-order valence-corrected chi connectivity index (χ3v) is 8.73. The van der Waals surface area contributed by atoms with Crippen molar-refractivity contribution in [3.05, 3.63) is 91.0 Å². The van der Waals surface area contributed by atoms with Gasteiger partial charge in [0.05, 0.1) is 0 Å². The zero-order valence-electron chi connectivity index (χ0n) is 14.0. The summed E-state index contributed by atoms with van der Waals surface area (Å²) in [5, 5.41) is 2.14. The molecule has 0 aromatic heterocycles. The van der Waals surface area contributed by atoms with Crippen LogP contribution in [0.3, 0.4) is 0 Å². The zero-order chi connectivity index (χ0) is 17.3. The third-order valence-electron chi connectivity index (χ3n) is 4.68. The SMILES string of the molecule is CC1C(=O)O[Si](c2ccccc2)(c2ccccc2)N1c1ccccc1. The average Bonchev–Trinajstić information content (AvgIpc) is 2.96. The number of para-hydroxylation sites is 1. The van der Waals surface area contributed by atoms with Crippen molar-refractivity contribution >= 4 is 30.5 Å². The highest BCUT2D eigenvalue weighted by Crippen LogP contribution is 2.31. The van der Waals surface area contributed by atoms with E-state index in [1.165, 1.54) is 0 Å². The van der Waals surface area contributed by atoms with Crippen LogP contribution in [0.2, 0.25) is 0 Å². The van der Waals surface area contributed by atoms with Crippen LogP contribution in [0.25, 0.3) is 0 Å². The minimum absolute atomic E-state index is 0.164. The molecule has 4 rings (SSSR count). The van der Waals surface area contributed by atoms with Crippen molar-refractivity contribution in [1.82, 2.24) is 0 Å². The second-order valence-corrected chi connectivity index (χ2v) is 9.31. The van der Waals surface area contributed by atoms with Crippen LogP contribution in [0.5, 0.6) is 0 Å². The molecule has 3 nitrogen and oxygen atoms in total. The molecule has 1 saturated heterocycles. The Morgan fingerprint density at radius 2 is 1.20 bits per heavy atom. The van der Waals surface area contributed by atoms with Crippen LogP contribution in [0.1, 0.15) is 6.92 Å². The van der Waals surface area contributed by atoms with E-state index < -0.39 is 8.48 Å². The largest absolute Gasteiger partial charge is 0.490 e. The number of rotatable bonds is 3. The molecule has 3 aromatic carbocycles. The van der Waals surface area contributed by atoms with E-state index in [9.17, 15) is 4.79 Å². The molecule has 0 radical (unpaired) electrons. The Morgan fingerprint density at radius 3 is 1.68 bits per heavy atom. The number of benzene rings is 3. The Bertz CT molecular complexity index is 829. The van der Waals surface area contributed by atoms with E-state index >= 15 is 0 Å². The number of carbonyl (C=O) groups is 1. The summed E-state index contributed by atoms with van der Waals surface area (Å²) in [6.45, 7) is 1.93. The van der Waals surface area contributed by atoms with Crippen LogP contribution in [-0.4, -0.2) is 20.5 Å². The Kier molecular flexibility index (Phi) is 3.90. The lowest BCUT2D eigenvalue weighted by molar-refractivity contribution is -0.133. The first kappa shape index (κ1) is 15.7. The fraction of sp³-hybridized carbons (Fsp3) is 0.0952. The summed E-state index contributed by atoms with van der Waals surface area (Å²) >= 11 is 0. The minimum Gasteiger partial charge on any atom is -0.490 e. The fourth-order valence-electron chi connectivity index (χ4n) is 3.54. The first-order chi connectivity index (χ1) is 12.2. The first-order valence-corrected chi connectivity index (χ1v) is 10.3.